The maximum absolute atomic E-state index is 11.5. The van der Waals surface area contributed by atoms with Crippen LogP contribution < -0.4 is 10.2 Å². The Balaban J connectivity index is 2.39. The number of nitro benzene ring substituents is 1. The van der Waals surface area contributed by atoms with E-state index in [1.54, 1.807) is 13.8 Å². The molecule has 1 aromatic carbocycles. The minimum atomic E-state index is -0.530. The fourth-order valence-corrected chi connectivity index (χ4v) is 1.46. The number of esters is 1. The van der Waals surface area contributed by atoms with E-state index >= 15 is 0 Å². The first-order valence-corrected chi connectivity index (χ1v) is 6.77. The predicted octanol–water partition coefficient (Wildman–Crippen LogP) is 1.42. The smallest absolute Gasteiger partial charge is 0.311 e. The van der Waals surface area contributed by atoms with E-state index in [0.29, 0.717) is 11.5 Å². The summed E-state index contributed by atoms with van der Waals surface area (Å²) in [6.07, 6.45) is -0.0165. The zero-order chi connectivity index (χ0) is 17.2. The van der Waals surface area contributed by atoms with Crippen LogP contribution in [0.1, 0.15) is 20.3 Å². The number of amides is 1. The molecule has 0 aliphatic carbocycles. The third kappa shape index (κ3) is 7.02. The Morgan fingerprint density at radius 3 is 2.52 bits per heavy atom. The van der Waals surface area contributed by atoms with Gasteiger partial charge in [-0.15, -0.1) is 0 Å². The molecule has 0 radical (unpaired) electrons. The summed E-state index contributed by atoms with van der Waals surface area (Å²) >= 11 is 0. The Bertz CT molecular complexity index is 597. The first kappa shape index (κ1) is 18.1. The summed E-state index contributed by atoms with van der Waals surface area (Å²) in [6, 6.07) is 5.32. The Kier molecular flexibility index (Phi) is 7.18. The van der Waals surface area contributed by atoms with Gasteiger partial charge in [-0.2, -0.15) is 5.10 Å². The number of hydrogen-bond acceptors (Lipinski definition) is 7. The molecule has 0 atom stereocenters. The highest BCUT2D eigenvalue weighted by molar-refractivity contribution is 5.98. The lowest BCUT2D eigenvalue weighted by Crippen LogP contribution is -2.26. The summed E-state index contributed by atoms with van der Waals surface area (Å²) in [5.74, 6) is -0.630. The Labute approximate surface area is 132 Å². The number of carbonyl (C=O) groups excluding carboxylic acids is 2. The maximum atomic E-state index is 11.5. The molecule has 124 valence electrons. The fraction of sp³-hybridized carbons (Fsp3) is 0.357. The van der Waals surface area contributed by atoms with E-state index in [1.807, 2.05) is 0 Å². The number of carbonyl (C=O) groups is 2. The third-order valence-electron chi connectivity index (χ3n) is 2.49. The Morgan fingerprint density at radius 1 is 1.30 bits per heavy atom. The lowest BCUT2D eigenvalue weighted by molar-refractivity contribution is -0.384. The second-order valence-corrected chi connectivity index (χ2v) is 4.40. The molecule has 1 amide bonds. The highest BCUT2D eigenvalue weighted by atomic mass is 16.6. The van der Waals surface area contributed by atoms with Crippen LogP contribution in [0.25, 0.3) is 0 Å². The van der Waals surface area contributed by atoms with Crippen molar-refractivity contribution in [1.82, 2.24) is 5.43 Å². The lowest BCUT2D eigenvalue weighted by Gasteiger charge is -2.05. The van der Waals surface area contributed by atoms with Crippen LogP contribution >= 0.6 is 0 Å². The summed E-state index contributed by atoms with van der Waals surface area (Å²) in [4.78, 5) is 32.7. The highest BCUT2D eigenvalue weighted by Crippen LogP contribution is 2.16. The SMILES string of the molecule is CCOC(=O)C/C(C)=N/NC(=O)COc1ccc([N+](=O)[O-])cc1. The van der Waals surface area contributed by atoms with E-state index in [4.69, 9.17) is 9.47 Å². The summed E-state index contributed by atoms with van der Waals surface area (Å²) in [5.41, 5.74) is 2.56. The van der Waals surface area contributed by atoms with Crippen molar-refractivity contribution in [3.8, 4) is 5.75 Å². The van der Waals surface area contributed by atoms with Crippen molar-refractivity contribution < 1.29 is 24.0 Å². The molecule has 1 rings (SSSR count). The van der Waals surface area contributed by atoms with E-state index in [2.05, 4.69) is 10.5 Å². The molecule has 0 saturated carbocycles. The van der Waals surface area contributed by atoms with Crippen molar-refractivity contribution in [2.24, 2.45) is 5.10 Å². The molecule has 0 aliphatic heterocycles. The largest absolute Gasteiger partial charge is 0.484 e. The first-order valence-electron chi connectivity index (χ1n) is 6.77. The van der Waals surface area contributed by atoms with Crippen LogP contribution in [-0.2, 0) is 14.3 Å². The van der Waals surface area contributed by atoms with Crippen LogP contribution in [0, 0.1) is 10.1 Å². The van der Waals surface area contributed by atoms with E-state index < -0.39 is 16.8 Å². The number of rotatable bonds is 8. The second kappa shape index (κ2) is 9.13. The topological polar surface area (TPSA) is 120 Å². The number of hydrazone groups is 1. The number of nitro groups is 1. The van der Waals surface area contributed by atoms with Crippen molar-refractivity contribution in [2.75, 3.05) is 13.2 Å². The van der Waals surface area contributed by atoms with Gasteiger partial charge in [-0.3, -0.25) is 19.7 Å². The molecule has 23 heavy (non-hydrogen) atoms. The number of benzene rings is 1. The monoisotopic (exact) mass is 323 g/mol. The first-order chi connectivity index (χ1) is 10.9. The summed E-state index contributed by atoms with van der Waals surface area (Å²) in [6.45, 7) is 3.24. The van der Waals surface area contributed by atoms with Crippen LogP contribution in [0.15, 0.2) is 29.4 Å². The van der Waals surface area contributed by atoms with Gasteiger partial charge in [0.2, 0.25) is 0 Å². The molecular formula is C14H17N3O6. The molecule has 0 heterocycles. The normalized spacial score (nSPS) is 10.8. The summed E-state index contributed by atoms with van der Waals surface area (Å²) < 4.78 is 9.90. The quantitative estimate of drug-likeness (QED) is 0.334. The molecule has 1 aromatic rings. The number of ether oxygens (including phenoxy) is 2. The molecule has 9 nitrogen and oxygen atoms in total. The van der Waals surface area contributed by atoms with Crippen LogP contribution in [0.5, 0.6) is 5.75 Å². The lowest BCUT2D eigenvalue weighted by atomic mass is 10.3. The maximum Gasteiger partial charge on any atom is 0.311 e. The van der Waals surface area contributed by atoms with E-state index in [1.165, 1.54) is 24.3 Å². The van der Waals surface area contributed by atoms with Gasteiger partial charge < -0.3 is 9.47 Å². The molecule has 0 unspecified atom stereocenters. The molecule has 0 aromatic heterocycles. The molecule has 0 aliphatic rings. The van der Waals surface area contributed by atoms with Crippen molar-refractivity contribution >= 4 is 23.3 Å². The standard InChI is InChI=1S/C14H17N3O6/c1-3-22-14(19)8-10(2)15-16-13(18)9-23-12-6-4-11(5-7-12)17(20)21/h4-7H,3,8-9H2,1-2H3,(H,16,18)/b15-10+. The van der Waals surface area contributed by atoms with Gasteiger partial charge in [-0.05, 0) is 26.0 Å². The van der Waals surface area contributed by atoms with E-state index in [9.17, 15) is 19.7 Å². The Hall–Kier alpha value is -2.97. The molecule has 0 bridgehead atoms. The van der Waals surface area contributed by atoms with Crippen molar-refractivity contribution in [2.45, 2.75) is 20.3 Å². The highest BCUT2D eigenvalue weighted by Gasteiger charge is 2.07. The number of hydrogen-bond donors (Lipinski definition) is 1. The van der Waals surface area contributed by atoms with E-state index in [0.717, 1.165) is 0 Å². The number of nitrogens with one attached hydrogen (secondary N) is 1. The predicted molar refractivity (Wildman–Crippen MR) is 81.1 cm³/mol. The minimum Gasteiger partial charge on any atom is -0.484 e. The third-order valence-corrected chi connectivity index (χ3v) is 2.49. The van der Waals surface area contributed by atoms with Gasteiger partial charge >= 0.3 is 5.97 Å². The minimum absolute atomic E-state index is 0.0165. The van der Waals surface area contributed by atoms with Crippen LogP contribution in [0.2, 0.25) is 0 Å². The second-order valence-electron chi connectivity index (χ2n) is 4.40. The number of nitrogens with zero attached hydrogens (tertiary/aromatic N) is 2. The van der Waals surface area contributed by atoms with Gasteiger partial charge in [0.05, 0.1) is 18.0 Å². The van der Waals surface area contributed by atoms with Crippen LogP contribution in [0.4, 0.5) is 5.69 Å². The van der Waals surface area contributed by atoms with Gasteiger partial charge in [0.1, 0.15) is 5.75 Å². The van der Waals surface area contributed by atoms with Gasteiger partial charge in [0.15, 0.2) is 6.61 Å². The molecule has 0 fully saturated rings. The number of non-ortho nitro benzene ring substituents is 1. The summed E-state index contributed by atoms with van der Waals surface area (Å²) in [7, 11) is 0. The molecule has 9 heteroatoms. The van der Waals surface area contributed by atoms with Crippen molar-refractivity contribution in [3.05, 3.63) is 34.4 Å². The zero-order valence-electron chi connectivity index (χ0n) is 12.8. The van der Waals surface area contributed by atoms with E-state index in [-0.39, 0.29) is 25.3 Å². The molecule has 0 spiro atoms. The van der Waals surface area contributed by atoms with Gasteiger partial charge in [0.25, 0.3) is 11.6 Å². The fourth-order valence-electron chi connectivity index (χ4n) is 1.46. The van der Waals surface area contributed by atoms with Crippen molar-refractivity contribution in [3.63, 3.8) is 0 Å². The van der Waals surface area contributed by atoms with Crippen LogP contribution in [0.3, 0.4) is 0 Å². The molecular weight excluding hydrogens is 306 g/mol. The average molecular weight is 323 g/mol. The van der Waals surface area contributed by atoms with Gasteiger partial charge in [-0.25, -0.2) is 5.43 Å². The van der Waals surface area contributed by atoms with Crippen LogP contribution in [-0.4, -0.2) is 35.7 Å². The van der Waals surface area contributed by atoms with Gasteiger partial charge in [-0.1, -0.05) is 0 Å². The van der Waals surface area contributed by atoms with Crippen molar-refractivity contribution in [1.29, 1.82) is 0 Å². The Morgan fingerprint density at radius 2 is 1.96 bits per heavy atom. The molecule has 0 saturated heterocycles. The zero-order valence-corrected chi connectivity index (χ0v) is 12.8. The molecule has 1 N–H and O–H groups in total. The summed E-state index contributed by atoms with van der Waals surface area (Å²) in [5, 5.41) is 14.2. The van der Waals surface area contributed by atoms with Gasteiger partial charge in [0, 0.05) is 17.8 Å². The average Bonchev–Trinajstić information content (AvgIpc) is 2.51.